The first-order valence-corrected chi connectivity index (χ1v) is 11.5. The number of nitrogens with zero attached hydrogens (tertiary/aromatic N) is 4. The minimum atomic E-state index is 0.0615. The lowest BCUT2D eigenvalue weighted by molar-refractivity contribution is -0.127. The molecule has 2 aliphatic heterocycles. The zero-order valence-corrected chi connectivity index (χ0v) is 19.5. The molecule has 0 aliphatic carbocycles. The van der Waals surface area contributed by atoms with Gasteiger partial charge in [0.05, 0.1) is 6.61 Å². The van der Waals surface area contributed by atoms with Gasteiger partial charge in [-0.1, -0.05) is 17.3 Å². The lowest BCUT2D eigenvalue weighted by atomic mass is 10.1. The maximum Gasteiger partial charge on any atom is 0.246 e. The van der Waals surface area contributed by atoms with E-state index in [0.717, 1.165) is 80.0 Å². The van der Waals surface area contributed by atoms with Gasteiger partial charge in [-0.05, 0) is 55.7 Å². The van der Waals surface area contributed by atoms with Crippen LogP contribution in [0.1, 0.15) is 33.8 Å². The Balaban J connectivity index is 1.18. The number of carbonyl (C=O) groups is 1. The van der Waals surface area contributed by atoms with E-state index in [1.165, 1.54) is 11.1 Å². The van der Waals surface area contributed by atoms with Crippen LogP contribution in [-0.4, -0.2) is 58.2 Å². The second kappa shape index (κ2) is 8.90. The number of benzene rings is 1. The topological polar surface area (TPSA) is 63.7 Å². The summed E-state index contributed by atoms with van der Waals surface area (Å²) < 4.78 is 12.9. The summed E-state index contributed by atoms with van der Waals surface area (Å²) in [7, 11) is 0. The smallest absolute Gasteiger partial charge is 0.246 e. The first-order chi connectivity index (χ1) is 16.0. The molecule has 0 saturated carbocycles. The zero-order valence-electron chi connectivity index (χ0n) is 19.5. The molecule has 7 nitrogen and oxygen atoms in total. The monoisotopic (exact) mass is 446 g/mol. The Labute approximate surface area is 194 Å². The van der Waals surface area contributed by atoms with Gasteiger partial charge in [-0.25, -0.2) is 0 Å². The minimum absolute atomic E-state index is 0.0615. The molecule has 1 saturated heterocycles. The van der Waals surface area contributed by atoms with Gasteiger partial charge in [0.2, 0.25) is 5.91 Å². The number of piperazine rings is 1. The number of fused-ring (bicyclic) bond motifs is 1. The summed E-state index contributed by atoms with van der Waals surface area (Å²) in [4.78, 5) is 17.2. The van der Waals surface area contributed by atoms with E-state index in [9.17, 15) is 4.79 Å². The average Bonchev–Trinajstić information content (AvgIpc) is 3.51. The van der Waals surface area contributed by atoms with E-state index in [0.29, 0.717) is 0 Å². The van der Waals surface area contributed by atoms with E-state index in [4.69, 9.17) is 9.26 Å². The van der Waals surface area contributed by atoms with Crippen LogP contribution in [0.5, 0.6) is 5.75 Å². The second-order valence-electron chi connectivity index (χ2n) is 8.93. The number of carbonyl (C=O) groups excluding carboxylic acids is 1. The Morgan fingerprint density at radius 2 is 1.91 bits per heavy atom. The molecule has 0 unspecified atom stereocenters. The Kier molecular flexibility index (Phi) is 5.81. The lowest BCUT2D eigenvalue weighted by Crippen LogP contribution is -2.47. The summed E-state index contributed by atoms with van der Waals surface area (Å²) >= 11 is 0. The number of amides is 1. The number of aryl methyl sites for hydroxylation is 2. The summed E-state index contributed by atoms with van der Waals surface area (Å²) in [6, 6.07) is 10.5. The Bertz CT molecular complexity index is 1200. The predicted molar refractivity (Wildman–Crippen MR) is 127 cm³/mol. The third-order valence-electron chi connectivity index (χ3n) is 6.56. The molecule has 0 bridgehead atoms. The summed E-state index contributed by atoms with van der Waals surface area (Å²) in [5.74, 6) is 2.62. The van der Waals surface area contributed by atoms with Gasteiger partial charge in [-0.3, -0.25) is 14.3 Å². The third kappa shape index (κ3) is 4.46. The van der Waals surface area contributed by atoms with Crippen LogP contribution in [0.15, 0.2) is 40.9 Å². The summed E-state index contributed by atoms with van der Waals surface area (Å²) in [6.45, 7) is 10.9. The van der Waals surface area contributed by atoms with Crippen molar-refractivity contribution in [2.75, 3.05) is 32.8 Å². The van der Waals surface area contributed by atoms with Crippen molar-refractivity contribution in [1.29, 1.82) is 0 Å². The molecule has 172 valence electrons. The van der Waals surface area contributed by atoms with E-state index in [2.05, 4.69) is 34.3 Å². The number of hydrogen-bond acceptors (Lipinski definition) is 5. The van der Waals surface area contributed by atoms with Crippen molar-refractivity contribution in [3.8, 4) is 11.6 Å². The quantitative estimate of drug-likeness (QED) is 0.560. The van der Waals surface area contributed by atoms with Gasteiger partial charge in [0, 0.05) is 62.7 Å². The van der Waals surface area contributed by atoms with Crippen molar-refractivity contribution in [3.05, 3.63) is 70.2 Å². The number of aromatic nitrogens is 2. The molecule has 3 aromatic rings. The van der Waals surface area contributed by atoms with E-state index in [1.807, 2.05) is 42.4 Å². The van der Waals surface area contributed by atoms with Crippen LogP contribution in [0.4, 0.5) is 0 Å². The number of hydrogen-bond donors (Lipinski definition) is 0. The highest BCUT2D eigenvalue weighted by Crippen LogP contribution is 2.26. The van der Waals surface area contributed by atoms with Gasteiger partial charge in [-0.15, -0.1) is 0 Å². The Morgan fingerprint density at radius 1 is 1.09 bits per heavy atom. The van der Waals surface area contributed by atoms with Crippen LogP contribution in [0, 0.1) is 20.8 Å². The summed E-state index contributed by atoms with van der Waals surface area (Å²) in [6.07, 6.45) is 4.60. The molecule has 0 atom stereocenters. The van der Waals surface area contributed by atoms with Gasteiger partial charge in [-0.2, -0.15) is 0 Å². The maximum atomic E-state index is 12.8. The number of rotatable bonds is 5. The van der Waals surface area contributed by atoms with E-state index in [-0.39, 0.29) is 5.91 Å². The fourth-order valence-electron chi connectivity index (χ4n) is 4.76. The van der Waals surface area contributed by atoms with Crippen molar-refractivity contribution < 1.29 is 14.1 Å². The van der Waals surface area contributed by atoms with E-state index in [1.54, 1.807) is 6.08 Å². The molecule has 2 aromatic heterocycles. The largest absolute Gasteiger partial charge is 0.493 e. The molecule has 33 heavy (non-hydrogen) atoms. The highest BCUT2D eigenvalue weighted by molar-refractivity contribution is 5.92. The van der Waals surface area contributed by atoms with Crippen molar-refractivity contribution in [2.45, 2.75) is 33.7 Å². The van der Waals surface area contributed by atoms with Crippen molar-refractivity contribution >= 4 is 12.0 Å². The van der Waals surface area contributed by atoms with E-state index < -0.39 is 0 Å². The van der Waals surface area contributed by atoms with Crippen molar-refractivity contribution in [1.82, 2.24) is 19.5 Å². The molecule has 1 fully saturated rings. The fraction of sp³-hybridized carbons (Fsp3) is 0.385. The molecule has 1 amide bonds. The first kappa shape index (κ1) is 21.5. The van der Waals surface area contributed by atoms with Gasteiger partial charge < -0.3 is 14.2 Å². The SMILES string of the molecule is Cc1cc(-n2c(C)cc(/C=C/C(=O)N3CCN(Cc4ccc5c(c4)CCO5)CC3)c2C)no1. The molecule has 7 heteroatoms. The van der Waals surface area contributed by atoms with E-state index >= 15 is 0 Å². The van der Waals surface area contributed by atoms with Gasteiger partial charge in [0.25, 0.3) is 0 Å². The normalized spacial score (nSPS) is 16.4. The standard InChI is InChI=1S/C26H30N4O3/c1-18-14-22(20(3)30(18)25-15-19(2)33-27-25)5-7-26(31)29-11-9-28(10-12-29)17-21-4-6-24-23(16-21)8-13-32-24/h4-7,14-16H,8-13,17H2,1-3H3/b7-5+. The Morgan fingerprint density at radius 3 is 2.67 bits per heavy atom. The maximum absolute atomic E-state index is 12.8. The van der Waals surface area contributed by atoms with Crippen LogP contribution in [0.2, 0.25) is 0 Å². The van der Waals surface area contributed by atoms with Gasteiger partial charge in [0.1, 0.15) is 11.5 Å². The van der Waals surface area contributed by atoms with Crippen LogP contribution in [-0.2, 0) is 17.8 Å². The Hall–Kier alpha value is -3.32. The molecule has 5 rings (SSSR count). The second-order valence-corrected chi connectivity index (χ2v) is 8.93. The summed E-state index contributed by atoms with van der Waals surface area (Å²) in [5.41, 5.74) is 5.73. The average molecular weight is 447 g/mol. The molecular formula is C26H30N4O3. The highest BCUT2D eigenvalue weighted by atomic mass is 16.5. The van der Waals surface area contributed by atoms with Gasteiger partial charge >= 0.3 is 0 Å². The van der Waals surface area contributed by atoms with Crippen LogP contribution in [0.25, 0.3) is 11.9 Å². The van der Waals surface area contributed by atoms with Gasteiger partial charge in [0.15, 0.2) is 5.82 Å². The molecular weight excluding hydrogens is 416 g/mol. The molecule has 0 N–H and O–H groups in total. The lowest BCUT2D eigenvalue weighted by Gasteiger charge is -2.34. The van der Waals surface area contributed by atoms with Crippen LogP contribution in [0.3, 0.4) is 0 Å². The highest BCUT2D eigenvalue weighted by Gasteiger charge is 2.21. The molecule has 4 heterocycles. The number of ether oxygens (including phenoxy) is 1. The molecule has 1 aromatic carbocycles. The minimum Gasteiger partial charge on any atom is -0.493 e. The van der Waals surface area contributed by atoms with Crippen molar-refractivity contribution in [3.63, 3.8) is 0 Å². The molecule has 2 aliphatic rings. The first-order valence-electron chi connectivity index (χ1n) is 11.5. The van der Waals surface area contributed by atoms with Crippen molar-refractivity contribution in [2.24, 2.45) is 0 Å². The summed E-state index contributed by atoms with van der Waals surface area (Å²) in [5, 5.41) is 4.12. The third-order valence-corrected chi connectivity index (χ3v) is 6.56. The van der Waals surface area contributed by atoms with Crippen LogP contribution < -0.4 is 4.74 Å². The van der Waals surface area contributed by atoms with Crippen LogP contribution >= 0.6 is 0 Å². The zero-order chi connectivity index (χ0) is 22.9. The predicted octanol–water partition coefficient (Wildman–Crippen LogP) is 3.68. The fourth-order valence-corrected chi connectivity index (χ4v) is 4.76. The molecule has 0 spiro atoms. The molecule has 0 radical (unpaired) electrons.